The van der Waals surface area contributed by atoms with Crippen LogP contribution in [0.25, 0.3) is 0 Å². The topological polar surface area (TPSA) is 67.3 Å². The van der Waals surface area contributed by atoms with Crippen LogP contribution < -0.4 is 4.90 Å². The Morgan fingerprint density at radius 1 is 1.33 bits per heavy atom. The molecule has 1 amide bonds. The minimum absolute atomic E-state index is 0.0857. The lowest BCUT2D eigenvalue weighted by atomic mass is 10.3. The second kappa shape index (κ2) is 5.29. The fraction of sp³-hybridized carbons (Fsp3) is 0.400. The molecule has 0 aliphatic carbocycles. The molecule has 0 spiro atoms. The quantitative estimate of drug-likeness (QED) is 0.598. The van der Waals surface area contributed by atoms with E-state index in [1.54, 1.807) is 0 Å². The normalized spacial score (nSPS) is 20.1. The Morgan fingerprint density at radius 3 is 2.38 bits per heavy atom. The number of aromatic nitrogens is 1. The zero-order valence-electron chi connectivity index (χ0n) is 10.1. The highest BCUT2D eigenvalue weighted by Crippen LogP contribution is 2.34. The molecule has 0 bridgehead atoms. The van der Waals surface area contributed by atoms with Crippen molar-refractivity contribution in [3.8, 4) is 0 Å². The summed E-state index contributed by atoms with van der Waals surface area (Å²) in [6.07, 6.45) is -5.03. The van der Waals surface area contributed by atoms with Crippen molar-refractivity contribution >= 4 is 42.9 Å². The van der Waals surface area contributed by atoms with E-state index in [1.165, 1.54) is 0 Å². The van der Waals surface area contributed by atoms with Crippen LogP contribution in [0.5, 0.6) is 0 Å². The van der Waals surface area contributed by atoms with E-state index in [0.29, 0.717) is 6.07 Å². The van der Waals surface area contributed by atoms with Crippen molar-refractivity contribution in [2.75, 3.05) is 11.4 Å². The zero-order valence-corrected chi connectivity index (χ0v) is 12.4. The van der Waals surface area contributed by atoms with Gasteiger partial charge in [0, 0.05) is 23.6 Å². The van der Waals surface area contributed by atoms with Gasteiger partial charge in [-0.25, -0.2) is 13.4 Å². The van der Waals surface area contributed by atoms with Crippen molar-refractivity contribution in [3.05, 3.63) is 23.0 Å². The van der Waals surface area contributed by atoms with Crippen LogP contribution in [-0.4, -0.2) is 31.1 Å². The van der Waals surface area contributed by atoms with Crippen molar-refractivity contribution < 1.29 is 26.4 Å². The first-order valence-corrected chi connectivity index (χ1v) is 8.23. The number of nitrogens with zero attached hydrogens (tertiary/aromatic N) is 2. The lowest BCUT2D eigenvalue weighted by Crippen LogP contribution is -2.27. The van der Waals surface area contributed by atoms with Crippen molar-refractivity contribution in [3.63, 3.8) is 0 Å². The Bertz CT molecular complexity index is 693. The Balaban J connectivity index is 2.34. The molecule has 1 aliphatic rings. The molecule has 1 fully saturated rings. The summed E-state index contributed by atoms with van der Waals surface area (Å²) in [5.74, 6) is -0.604. The van der Waals surface area contributed by atoms with Crippen LogP contribution in [0.15, 0.2) is 12.1 Å². The second-order valence-electron chi connectivity index (χ2n) is 4.31. The second-order valence-corrected chi connectivity index (χ2v) is 7.58. The molecule has 116 valence electrons. The third-order valence-corrected chi connectivity index (χ3v) is 5.04. The lowest BCUT2D eigenvalue weighted by molar-refractivity contribution is -0.141. The van der Waals surface area contributed by atoms with E-state index in [2.05, 4.69) is 4.98 Å². The fourth-order valence-electron chi connectivity index (χ4n) is 1.88. The lowest BCUT2D eigenvalue weighted by Gasteiger charge is -2.18. The van der Waals surface area contributed by atoms with Gasteiger partial charge in [0.25, 0.3) is 0 Å². The first-order valence-electron chi connectivity index (χ1n) is 5.47. The van der Waals surface area contributed by atoms with E-state index in [1.807, 2.05) is 0 Å². The molecule has 0 N–H and O–H groups in total. The number of hydrogen-bond donors (Lipinski definition) is 0. The van der Waals surface area contributed by atoms with E-state index in [4.69, 9.17) is 22.3 Å². The summed E-state index contributed by atoms with van der Waals surface area (Å²) in [6, 6.07) is 1.64. The standard InChI is InChI=1S/C10H7Cl2F3N2O3S/c11-9-6(1-2-7(16-9)10(13,14)15)17-4-5(3-8(17)18)21(12,19)20/h1-2,5H,3-4H2. The molecule has 1 atom stereocenters. The van der Waals surface area contributed by atoms with Crippen molar-refractivity contribution in [2.24, 2.45) is 0 Å². The summed E-state index contributed by atoms with van der Waals surface area (Å²) in [5.41, 5.74) is -1.29. The molecule has 0 radical (unpaired) electrons. The maximum Gasteiger partial charge on any atom is 0.433 e. The van der Waals surface area contributed by atoms with Crippen molar-refractivity contribution in [1.82, 2.24) is 4.98 Å². The predicted molar refractivity (Wildman–Crippen MR) is 69.8 cm³/mol. The van der Waals surface area contributed by atoms with Gasteiger partial charge >= 0.3 is 6.18 Å². The number of rotatable bonds is 2. The van der Waals surface area contributed by atoms with Gasteiger partial charge in [0.1, 0.15) is 10.9 Å². The monoisotopic (exact) mass is 362 g/mol. The highest BCUT2D eigenvalue weighted by atomic mass is 35.7. The maximum absolute atomic E-state index is 12.5. The van der Waals surface area contributed by atoms with Gasteiger partial charge in [-0.15, -0.1) is 0 Å². The van der Waals surface area contributed by atoms with E-state index in [9.17, 15) is 26.4 Å². The summed E-state index contributed by atoms with van der Waals surface area (Å²) in [7, 11) is 1.22. The molecular formula is C10H7Cl2F3N2O3S. The van der Waals surface area contributed by atoms with Gasteiger partial charge in [-0.3, -0.25) is 4.79 Å². The molecule has 0 saturated carbocycles. The fourth-order valence-corrected chi connectivity index (χ4v) is 3.17. The first-order chi connectivity index (χ1) is 9.50. The van der Waals surface area contributed by atoms with Crippen LogP contribution in [0.1, 0.15) is 12.1 Å². The van der Waals surface area contributed by atoms with Crippen molar-refractivity contribution in [2.45, 2.75) is 17.8 Å². The number of carbonyl (C=O) groups excluding carboxylic acids is 1. The van der Waals surface area contributed by atoms with Crippen LogP contribution in [0.4, 0.5) is 18.9 Å². The third-order valence-electron chi connectivity index (χ3n) is 2.90. The van der Waals surface area contributed by atoms with Gasteiger partial charge in [0.2, 0.25) is 15.0 Å². The highest BCUT2D eigenvalue weighted by Gasteiger charge is 2.39. The molecule has 1 aromatic heterocycles. The minimum Gasteiger partial charge on any atom is -0.308 e. The van der Waals surface area contributed by atoms with Gasteiger partial charge < -0.3 is 4.90 Å². The number of alkyl halides is 3. The van der Waals surface area contributed by atoms with Crippen LogP contribution in [0, 0.1) is 0 Å². The molecule has 0 aromatic carbocycles. The van der Waals surface area contributed by atoms with Gasteiger partial charge in [0.15, 0.2) is 5.15 Å². The molecule has 1 saturated heterocycles. The van der Waals surface area contributed by atoms with Crippen LogP contribution in [0.3, 0.4) is 0 Å². The predicted octanol–water partition coefficient (Wildman–Crippen LogP) is 2.43. The molecule has 1 aliphatic heterocycles. The zero-order chi connectivity index (χ0) is 16.0. The molecule has 2 heterocycles. The van der Waals surface area contributed by atoms with Gasteiger partial charge in [0.05, 0.1) is 5.69 Å². The minimum atomic E-state index is -4.67. The molecule has 1 aromatic rings. The number of halogens is 5. The van der Waals surface area contributed by atoms with E-state index in [0.717, 1.165) is 11.0 Å². The van der Waals surface area contributed by atoms with Gasteiger partial charge in [-0.05, 0) is 12.1 Å². The molecule has 2 rings (SSSR count). The van der Waals surface area contributed by atoms with Crippen LogP contribution in [-0.2, 0) is 20.0 Å². The SMILES string of the molecule is O=C1CC(S(=O)(=O)Cl)CN1c1ccc(C(F)(F)F)nc1Cl. The number of amides is 1. The third kappa shape index (κ3) is 3.41. The summed E-state index contributed by atoms with van der Waals surface area (Å²) in [6.45, 7) is -0.280. The van der Waals surface area contributed by atoms with Gasteiger partial charge in [-0.2, -0.15) is 13.2 Å². The molecular weight excluding hydrogens is 356 g/mol. The largest absolute Gasteiger partial charge is 0.433 e. The maximum atomic E-state index is 12.5. The highest BCUT2D eigenvalue weighted by molar-refractivity contribution is 8.14. The van der Waals surface area contributed by atoms with Crippen LogP contribution in [0.2, 0.25) is 5.15 Å². The number of carbonyl (C=O) groups is 1. The van der Waals surface area contributed by atoms with Gasteiger partial charge in [-0.1, -0.05) is 11.6 Å². The smallest absolute Gasteiger partial charge is 0.308 e. The summed E-state index contributed by atoms with van der Waals surface area (Å²) in [4.78, 5) is 15.9. The first kappa shape index (κ1) is 16.3. The summed E-state index contributed by atoms with van der Waals surface area (Å²) >= 11 is 5.66. The number of hydrogen-bond acceptors (Lipinski definition) is 4. The van der Waals surface area contributed by atoms with E-state index >= 15 is 0 Å². The molecule has 1 unspecified atom stereocenters. The average molecular weight is 363 g/mol. The average Bonchev–Trinajstić information content (AvgIpc) is 2.70. The Hall–Kier alpha value is -1.06. The van der Waals surface area contributed by atoms with Crippen molar-refractivity contribution in [1.29, 1.82) is 0 Å². The van der Waals surface area contributed by atoms with E-state index < -0.39 is 37.2 Å². The molecule has 5 nitrogen and oxygen atoms in total. The summed E-state index contributed by atoms with van der Waals surface area (Å²) in [5, 5.41) is -1.67. The van der Waals surface area contributed by atoms with E-state index in [-0.39, 0.29) is 18.7 Å². The summed E-state index contributed by atoms with van der Waals surface area (Å²) < 4.78 is 59.9. The Kier molecular flexibility index (Phi) is 4.11. The number of pyridine rings is 1. The Morgan fingerprint density at radius 2 is 1.95 bits per heavy atom. The molecule has 11 heteroatoms. The molecule has 21 heavy (non-hydrogen) atoms. The Labute approximate surface area is 127 Å². The number of anilines is 1. The van der Waals surface area contributed by atoms with Crippen LogP contribution >= 0.6 is 22.3 Å².